The third-order valence-electron chi connectivity index (χ3n) is 1.97. The summed E-state index contributed by atoms with van der Waals surface area (Å²) in [6, 6.07) is 0. The Balaban J connectivity index is 3.88. The molecule has 0 aliphatic carbocycles. The van der Waals surface area contributed by atoms with Gasteiger partial charge in [0.1, 0.15) is 0 Å². The Hall–Kier alpha value is -1.14. The average Bonchev–Trinajstić information content (AvgIpc) is 2.20. The molecule has 0 aromatic rings. The summed E-state index contributed by atoms with van der Waals surface area (Å²) in [6.07, 6.45) is -0.142. The monoisotopic (exact) mass is 245 g/mol. The molecule has 0 aromatic carbocycles. The van der Waals surface area contributed by atoms with Crippen LogP contribution in [0.5, 0.6) is 0 Å². The molecule has 0 rings (SSSR count). The van der Waals surface area contributed by atoms with Crippen LogP contribution in [0.1, 0.15) is 27.2 Å². The zero-order valence-corrected chi connectivity index (χ0v) is 11.0. The first kappa shape index (κ1) is 15.9. The summed E-state index contributed by atoms with van der Waals surface area (Å²) in [5.41, 5.74) is 5.09. The topological polar surface area (TPSA) is 93.4 Å². The third-order valence-corrected chi connectivity index (χ3v) is 1.97. The molecule has 1 atom stereocenters. The van der Waals surface area contributed by atoms with Crippen LogP contribution in [-0.2, 0) is 14.3 Å². The molecule has 0 saturated heterocycles. The number of carbonyl (C=O) groups excluding carboxylic acids is 2. The van der Waals surface area contributed by atoms with Crippen LogP contribution in [0.4, 0.5) is 0 Å². The summed E-state index contributed by atoms with van der Waals surface area (Å²) < 4.78 is 4.97. The average molecular weight is 245 g/mol. The molecule has 2 amide bonds. The Morgan fingerprint density at radius 1 is 1.29 bits per heavy atom. The second-order valence-electron chi connectivity index (χ2n) is 4.87. The van der Waals surface area contributed by atoms with E-state index in [1.807, 2.05) is 20.8 Å². The molecule has 1 unspecified atom stereocenters. The van der Waals surface area contributed by atoms with Gasteiger partial charge in [-0.2, -0.15) is 0 Å². The molecule has 0 aromatic heterocycles. The fraction of sp³-hybridized carbons (Fsp3) is 0.818. The molecule has 0 saturated carbocycles. The van der Waals surface area contributed by atoms with Gasteiger partial charge >= 0.3 is 0 Å². The largest absolute Gasteiger partial charge is 0.380 e. The number of ether oxygens (including phenoxy) is 1. The molecule has 0 spiro atoms. The van der Waals surface area contributed by atoms with Gasteiger partial charge in [-0.25, -0.2) is 0 Å². The normalized spacial score (nSPS) is 13.0. The SMILES string of the molecule is COC(CN)CC(=O)NCC(=O)NC(C)(C)C. The predicted molar refractivity (Wildman–Crippen MR) is 65.4 cm³/mol. The predicted octanol–water partition coefficient (Wildman–Crippen LogP) is -0.619. The van der Waals surface area contributed by atoms with Crippen molar-refractivity contribution in [3.05, 3.63) is 0 Å². The molecule has 4 N–H and O–H groups in total. The molecular weight excluding hydrogens is 222 g/mol. The molecule has 0 heterocycles. The zero-order chi connectivity index (χ0) is 13.5. The van der Waals surface area contributed by atoms with E-state index >= 15 is 0 Å². The highest BCUT2D eigenvalue weighted by atomic mass is 16.5. The van der Waals surface area contributed by atoms with E-state index in [-0.39, 0.29) is 43.0 Å². The van der Waals surface area contributed by atoms with Crippen LogP contribution < -0.4 is 16.4 Å². The van der Waals surface area contributed by atoms with E-state index in [0.717, 1.165) is 0 Å². The van der Waals surface area contributed by atoms with Gasteiger partial charge in [0.15, 0.2) is 0 Å². The number of carbonyl (C=O) groups is 2. The number of hydrogen-bond acceptors (Lipinski definition) is 4. The third kappa shape index (κ3) is 8.65. The van der Waals surface area contributed by atoms with Crippen molar-refractivity contribution in [1.82, 2.24) is 10.6 Å². The van der Waals surface area contributed by atoms with Gasteiger partial charge in [0, 0.05) is 19.2 Å². The maximum Gasteiger partial charge on any atom is 0.239 e. The smallest absolute Gasteiger partial charge is 0.239 e. The summed E-state index contributed by atoms with van der Waals surface area (Å²) in [5, 5.41) is 5.26. The zero-order valence-electron chi connectivity index (χ0n) is 11.0. The quantitative estimate of drug-likeness (QED) is 0.581. The fourth-order valence-electron chi connectivity index (χ4n) is 1.18. The van der Waals surface area contributed by atoms with Crippen molar-refractivity contribution >= 4 is 11.8 Å². The second-order valence-corrected chi connectivity index (χ2v) is 4.87. The maximum absolute atomic E-state index is 11.4. The lowest BCUT2D eigenvalue weighted by atomic mass is 10.1. The van der Waals surface area contributed by atoms with Crippen LogP contribution in [0.3, 0.4) is 0 Å². The minimum atomic E-state index is -0.305. The van der Waals surface area contributed by atoms with Gasteiger partial charge < -0.3 is 21.1 Å². The first-order valence-corrected chi connectivity index (χ1v) is 5.59. The number of amides is 2. The molecule has 0 fully saturated rings. The van der Waals surface area contributed by atoms with E-state index in [1.54, 1.807) is 0 Å². The molecule has 17 heavy (non-hydrogen) atoms. The van der Waals surface area contributed by atoms with Gasteiger partial charge in [0.05, 0.1) is 19.1 Å². The van der Waals surface area contributed by atoms with Crippen molar-refractivity contribution in [3.63, 3.8) is 0 Å². The van der Waals surface area contributed by atoms with E-state index in [1.165, 1.54) is 7.11 Å². The van der Waals surface area contributed by atoms with Crippen molar-refractivity contribution in [2.75, 3.05) is 20.2 Å². The number of nitrogens with one attached hydrogen (secondary N) is 2. The maximum atomic E-state index is 11.4. The summed E-state index contributed by atoms with van der Waals surface area (Å²) >= 11 is 0. The van der Waals surface area contributed by atoms with Crippen LogP contribution in [0.25, 0.3) is 0 Å². The Morgan fingerprint density at radius 2 is 1.88 bits per heavy atom. The van der Waals surface area contributed by atoms with Crippen LogP contribution in [0.15, 0.2) is 0 Å². The molecule has 100 valence electrons. The number of rotatable bonds is 6. The fourth-order valence-corrected chi connectivity index (χ4v) is 1.18. The standard InChI is InChI=1S/C11H23N3O3/c1-11(2,3)14-10(16)7-13-9(15)5-8(6-12)17-4/h8H,5-7,12H2,1-4H3,(H,13,15)(H,14,16). The Kier molecular flexibility index (Phi) is 6.75. The van der Waals surface area contributed by atoms with Gasteiger partial charge in [-0.15, -0.1) is 0 Å². The van der Waals surface area contributed by atoms with E-state index in [9.17, 15) is 9.59 Å². The lowest BCUT2D eigenvalue weighted by molar-refractivity contribution is -0.128. The van der Waals surface area contributed by atoms with E-state index in [4.69, 9.17) is 10.5 Å². The summed E-state index contributed by atoms with van der Waals surface area (Å²) in [5.74, 6) is -0.459. The van der Waals surface area contributed by atoms with Crippen molar-refractivity contribution in [2.45, 2.75) is 38.8 Å². The highest BCUT2D eigenvalue weighted by molar-refractivity contribution is 5.85. The van der Waals surface area contributed by atoms with Crippen LogP contribution in [-0.4, -0.2) is 43.7 Å². The number of hydrogen-bond donors (Lipinski definition) is 3. The van der Waals surface area contributed by atoms with E-state index in [2.05, 4.69) is 10.6 Å². The first-order chi connectivity index (χ1) is 7.78. The lowest BCUT2D eigenvalue weighted by Gasteiger charge is -2.20. The van der Waals surface area contributed by atoms with Crippen molar-refractivity contribution < 1.29 is 14.3 Å². The number of nitrogens with two attached hydrogens (primary N) is 1. The van der Waals surface area contributed by atoms with Crippen molar-refractivity contribution in [2.24, 2.45) is 5.73 Å². The highest BCUT2D eigenvalue weighted by Gasteiger charge is 2.15. The van der Waals surface area contributed by atoms with Crippen LogP contribution in [0, 0.1) is 0 Å². The van der Waals surface area contributed by atoms with Gasteiger partial charge in [-0.1, -0.05) is 0 Å². The van der Waals surface area contributed by atoms with Gasteiger partial charge in [-0.3, -0.25) is 9.59 Å². The van der Waals surface area contributed by atoms with E-state index in [0.29, 0.717) is 0 Å². The molecule has 0 bridgehead atoms. The summed E-state index contributed by atoms with van der Waals surface area (Å²) in [6.45, 7) is 5.88. The Morgan fingerprint density at radius 3 is 2.29 bits per heavy atom. The minimum Gasteiger partial charge on any atom is -0.380 e. The molecule has 0 radical (unpaired) electrons. The molecule has 0 aliphatic rings. The highest BCUT2D eigenvalue weighted by Crippen LogP contribution is 1.97. The summed E-state index contributed by atoms with van der Waals surface area (Å²) in [4.78, 5) is 22.8. The minimum absolute atomic E-state index is 0.0306. The van der Waals surface area contributed by atoms with Crippen molar-refractivity contribution in [3.8, 4) is 0 Å². The first-order valence-electron chi connectivity index (χ1n) is 5.59. The van der Waals surface area contributed by atoms with Gasteiger partial charge in [-0.05, 0) is 20.8 Å². The van der Waals surface area contributed by atoms with Crippen LogP contribution in [0.2, 0.25) is 0 Å². The Labute approximate surface area is 102 Å². The molecule has 6 heteroatoms. The van der Waals surface area contributed by atoms with Crippen molar-refractivity contribution in [1.29, 1.82) is 0 Å². The molecule has 0 aliphatic heterocycles. The van der Waals surface area contributed by atoms with Gasteiger partial charge in [0.25, 0.3) is 0 Å². The van der Waals surface area contributed by atoms with E-state index < -0.39 is 0 Å². The number of methoxy groups -OCH3 is 1. The molecule has 6 nitrogen and oxygen atoms in total. The second kappa shape index (κ2) is 7.24. The van der Waals surface area contributed by atoms with Gasteiger partial charge in [0.2, 0.25) is 11.8 Å². The lowest BCUT2D eigenvalue weighted by Crippen LogP contribution is -2.46. The Bertz CT molecular complexity index is 257. The molecular formula is C11H23N3O3. The summed E-state index contributed by atoms with van der Waals surface area (Å²) in [7, 11) is 1.50. The van der Waals surface area contributed by atoms with Crippen LogP contribution >= 0.6 is 0 Å².